The van der Waals surface area contributed by atoms with Crippen LogP contribution in [0, 0.1) is 18.3 Å². The van der Waals surface area contributed by atoms with E-state index < -0.39 is 5.41 Å². The van der Waals surface area contributed by atoms with Crippen LogP contribution < -0.4 is 21.9 Å². The fraction of sp³-hybridized carbons (Fsp3) is 0.174. The van der Waals surface area contributed by atoms with E-state index in [1.165, 1.54) is 16.3 Å². The maximum absolute atomic E-state index is 12.8. The van der Waals surface area contributed by atoms with Crippen LogP contribution in [0.3, 0.4) is 0 Å². The van der Waals surface area contributed by atoms with Gasteiger partial charge in [-0.05, 0) is 56.2 Å². The lowest BCUT2D eigenvalue weighted by Crippen LogP contribution is -2.26. The zero-order valence-electron chi connectivity index (χ0n) is 17.6. The topological polar surface area (TPSA) is 121 Å². The number of benzene rings is 2. The second-order valence-corrected chi connectivity index (χ2v) is 8.52. The molecule has 0 aliphatic rings. The zero-order valence-corrected chi connectivity index (χ0v) is 18.4. The van der Waals surface area contributed by atoms with Gasteiger partial charge in [0.2, 0.25) is 0 Å². The normalized spacial score (nSPS) is 11.6. The van der Waals surface area contributed by atoms with E-state index in [-0.39, 0.29) is 5.91 Å². The summed E-state index contributed by atoms with van der Waals surface area (Å²) in [5.74, 6) is 5.94. The molecule has 5 N–H and O–H groups in total. The van der Waals surface area contributed by atoms with Crippen LogP contribution in [0.5, 0.6) is 0 Å². The molecule has 3 aromatic rings. The van der Waals surface area contributed by atoms with Gasteiger partial charge in [-0.25, -0.2) is 5.84 Å². The van der Waals surface area contributed by atoms with Gasteiger partial charge in [-0.3, -0.25) is 14.8 Å². The summed E-state index contributed by atoms with van der Waals surface area (Å²) in [7, 11) is 0. The monoisotopic (exact) mass is 432 g/mol. The lowest BCUT2D eigenvalue weighted by molar-refractivity contribution is 0.102. The first-order valence-electron chi connectivity index (χ1n) is 9.55. The minimum Gasteiger partial charge on any atom is -0.396 e. The molecular weight excluding hydrogens is 408 g/mol. The van der Waals surface area contributed by atoms with E-state index in [1.807, 2.05) is 39.0 Å². The molecule has 1 aromatic heterocycles. The van der Waals surface area contributed by atoms with E-state index in [9.17, 15) is 10.1 Å². The number of anilines is 2. The lowest BCUT2D eigenvalue weighted by Gasteiger charge is -2.19. The van der Waals surface area contributed by atoms with Crippen LogP contribution >= 0.6 is 11.3 Å². The van der Waals surface area contributed by atoms with Gasteiger partial charge in [-0.15, -0.1) is 11.3 Å². The van der Waals surface area contributed by atoms with Crippen molar-refractivity contribution in [3.8, 4) is 6.07 Å². The number of nitrogens with two attached hydrogens (primary N) is 2. The minimum absolute atomic E-state index is 0.270. The van der Waals surface area contributed by atoms with Gasteiger partial charge in [0.05, 0.1) is 33.3 Å². The summed E-state index contributed by atoms with van der Waals surface area (Å²) >= 11 is 1.42. The van der Waals surface area contributed by atoms with Gasteiger partial charge in [-0.2, -0.15) is 5.26 Å². The Morgan fingerprint density at radius 3 is 2.74 bits per heavy atom. The van der Waals surface area contributed by atoms with Crippen molar-refractivity contribution in [1.82, 2.24) is 4.98 Å². The Bertz CT molecular complexity index is 1160. The number of hydrazine groups is 1. The molecule has 0 saturated heterocycles. The van der Waals surface area contributed by atoms with Gasteiger partial charge in [0, 0.05) is 23.6 Å². The van der Waals surface area contributed by atoms with Gasteiger partial charge < -0.3 is 11.1 Å². The van der Waals surface area contributed by atoms with Crippen molar-refractivity contribution in [1.29, 1.82) is 5.26 Å². The number of rotatable bonds is 6. The van der Waals surface area contributed by atoms with Crippen LogP contribution in [-0.4, -0.2) is 10.9 Å². The number of aromatic nitrogens is 1. The summed E-state index contributed by atoms with van der Waals surface area (Å²) in [6.07, 6.45) is 3.30. The van der Waals surface area contributed by atoms with Crippen LogP contribution in [0.2, 0.25) is 0 Å². The third-order valence-corrected chi connectivity index (χ3v) is 5.69. The molecule has 0 atom stereocenters. The number of nitriles is 1. The average Bonchev–Trinajstić information content (AvgIpc) is 3.30. The summed E-state index contributed by atoms with van der Waals surface area (Å²) < 4.78 is 0. The van der Waals surface area contributed by atoms with Crippen LogP contribution in [0.1, 0.15) is 40.2 Å². The summed E-state index contributed by atoms with van der Waals surface area (Å²) in [6.45, 7) is 5.56. The van der Waals surface area contributed by atoms with E-state index in [0.29, 0.717) is 22.6 Å². The van der Waals surface area contributed by atoms with Crippen molar-refractivity contribution >= 4 is 34.3 Å². The van der Waals surface area contributed by atoms with Gasteiger partial charge in [-0.1, -0.05) is 18.2 Å². The van der Waals surface area contributed by atoms with E-state index in [4.69, 9.17) is 11.6 Å². The number of thiazole rings is 1. The molecule has 1 heterocycles. The largest absolute Gasteiger partial charge is 0.396 e. The maximum atomic E-state index is 12.8. The molecule has 3 rings (SSSR count). The van der Waals surface area contributed by atoms with Crippen LogP contribution in [0.25, 0.3) is 5.70 Å². The Morgan fingerprint density at radius 1 is 1.29 bits per heavy atom. The van der Waals surface area contributed by atoms with E-state index in [0.717, 1.165) is 16.0 Å². The molecule has 8 heteroatoms. The summed E-state index contributed by atoms with van der Waals surface area (Å²) in [5, 5.41) is 13.7. The average molecular weight is 433 g/mol. The second kappa shape index (κ2) is 9.00. The Labute approximate surface area is 185 Å². The van der Waals surface area contributed by atoms with Crippen LogP contribution in [0.15, 0.2) is 60.4 Å². The molecule has 1 amide bonds. The molecule has 0 aliphatic carbocycles. The molecule has 0 spiro atoms. The van der Waals surface area contributed by atoms with Gasteiger partial charge in [0.1, 0.15) is 0 Å². The van der Waals surface area contributed by atoms with Gasteiger partial charge >= 0.3 is 0 Å². The molecule has 0 bridgehead atoms. The number of carbonyl (C=O) groups is 1. The number of nitrogens with one attached hydrogen (secondary N) is 1. The first-order valence-corrected chi connectivity index (χ1v) is 10.4. The number of hydrogen-bond acceptors (Lipinski definition) is 7. The third kappa shape index (κ3) is 5.09. The molecule has 0 aliphatic heterocycles. The highest BCUT2D eigenvalue weighted by Crippen LogP contribution is 2.26. The fourth-order valence-electron chi connectivity index (χ4n) is 2.92. The molecule has 158 valence electrons. The van der Waals surface area contributed by atoms with Gasteiger partial charge in [0.25, 0.3) is 5.91 Å². The van der Waals surface area contributed by atoms with Crippen molar-refractivity contribution in [3.63, 3.8) is 0 Å². The molecule has 0 radical (unpaired) electrons. The summed E-state index contributed by atoms with van der Waals surface area (Å²) in [5.41, 5.74) is 11.1. The predicted octanol–water partition coefficient (Wildman–Crippen LogP) is 4.14. The number of nitrogens with zero attached hydrogens (tertiary/aromatic N) is 3. The molecule has 0 saturated carbocycles. The Morgan fingerprint density at radius 2 is 2.06 bits per heavy atom. The number of carbonyl (C=O) groups excluding carboxylic acids is 1. The molecular formula is C23H24N6OS. The SMILES string of the molecule is Cc1ccc(NC(=O)c2cccc(C(C)(C)C#N)c2)cc1N(N)/C=C(\N)c1cncs1. The van der Waals surface area contributed by atoms with Crippen molar-refractivity contribution in [2.24, 2.45) is 11.6 Å². The van der Waals surface area contributed by atoms with Crippen molar-refractivity contribution in [2.45, 2.75) is 26.2 Å². The van der Waals surface area contributed by atoms with Crippen molar-refractivity contribution in [3.05, 3.63) is 81.9 Å². The number of hydrogen-bond donors (Lipinski definition) is 3. The maximum Gasteiger partial charge on any atom is 0.255 e. The summed E-state index contributed by atoms with van der Waals surface area (Å²) in [6, 6.07) is 14.8. The molecule has 0 unspecified atom stereocenters. The lowest BCUT2D eigenvalue weighted by atomic mass is 9.85. The first kappa shape index (κ1) is 22.0. The standard InChI is InChI=1S/C23H24N6OS/c1-15-7-8-18(10-20(15)29(26)12-19(25)21-11-27-14-31-21)28-22(30)16-5-4-6-17(9-16)23(2,3)13-24/h4-12,14H,25-26H2,1-3H3,(H,28,30)/b19-12-. The minimum atomic E-state index is -0.683. The highest BCUT2D eigenvalue weighted by atomic mass is 32.1. The summed E-state index contributed by atoms with van der Waals surface area (Å²) in [4.78, 5) is 17.6. The van der Waals surface area contributed by atoms with E-state index in [1.54, 1.807) is 42.2 Å². The molecule has 2 aromatic carbocycles. The highest BCUT2D eigenvalue weighted by Gasteiger charge is 2.21. The van der Waals surface area contributed by atoms with E-state index in [2.05, 4.69) is 16.4 Å². The highest BCUT2D eigenvalue weighted by molar-refractivity contribution is 7.10. The molecule has 31 heavy (non-hydrogen) atoms. The quantitative estimate of drug-likeness (QED) is 0.397. The Kier molecular flexibility index (Phi) is 6.39. The number of aryl methyl sites for hydroxylation is 1. The Hall–Kier alpha value is -3.67. The first-order chi connectivity index (χ1) is 14.7. The van der Waals surface area contributed by atoms with E-state index >= 15 is 0 Å². The van der Waals surface area contributed by atoms with Crippen LogP contribution in [-0.2, 0) is 5.41 Å². The Balaban J connectivity index is 1.82. The zero-order chi connectivity index (χ0) is 22.6. The third-order valence-electron chi connectivity index (χ3n) is 4.87. The number of amides is 1. The predicted molar refractivity (Wildman–Crippen MR) is 125 cm³/mol. The second-order valence-electron chi connectivity index (χ2n) is 7.63. The molecule has 0 fully saturated rings. The smallest absolute Gasteiger partial charge is 0.255 e. The fourth-order valence-corrected chi connectivity index (χ4v) is 3.47. The molecule has 7 nitrogen and oxygen atoms in total. The van der Waals surface area contributed by atoms with Crippen molar-refractivity contribution in [2.75, 3.05) is 10.3 Å². The van der Waals surface area contributed by atoms with Crippen molar-refractivity contribution < 1.29 is 4.79 Å². The van der Waals surface area contributed by atoms with Crippen LogP contribution in [0.4, 0.5) is 11.4 Å². The van der Waals surface area contributed by atoms with Gasteiger partial charge in [0.15, 0.2) is 0 Å².